The number of amides is 2. The van der Waals surface area contributed by atoms with Crippen molar-refractivity contribution in [3.63, 3.8) is 0 Å². The van der Waals surface area contributed by atoms with Crippen LogP contribution in [0.2, 0.25) is 0 Å². The van der Waals surface area contributed by atoms with E-state index in [-0.39, 0.29) is 6.03 Å². The molecule has 2 amide bonds. The van der Waals surface area contributed by atoms with Gasteiger partial charge in [-0.3, -0.25) is 0 Å². The molecule has 4 heteroatoms. The predicted molar refractivity (Wildman–Crippen MR) is 69.1 cm³/mol. The van der Waals surface area contributed by atoms with E-state index >= 15 is 0 Å². The second kappa shape index (κ2) is 4.69. The van der Waals surface area contributed by atoms with Crippen molar-refractivity contribution < 1.29 is 4.79 Å². The molecule has 0 unspecified atom stereocenters. The lowest BCUT2D eigenvalue weighted by Crippen LogP contribution is -2.47. The van der Waals surface area contributed by atoms with Crippen LogP contribution < -0.4 is 5.32 Å². The van der Waals surface area contributed by atoms with Crippen LogP contribution in [0.3, 0.4) is 0 Å². The Bertz CT molecular complexity index is 382. The van der Waals surface area contributed by atoms with Crippen LogP contribution in [-0.4, -0.2) is 23.0 Å². The molecule has 0 atom stereocenters. The molecule has 0 radical (unpaired) electrons. The van der Waals surface area contributed by atoms with Crippen molar-refractivity contribution in [1.29, 1.82) is 0 Å². The van der Waals surface area contributed by atoms with Gasteiger partial charge < -0.3 is 10.2 Å². The third-order valence-corrected chi connectivity index (χ3v) is 4.45. The first kappa shape index (κ1) is 11.1. The van der Waals surface area contributed by atoms with E-state index in [9.17, 15) is 4.79 Å². The van der Waals surface area contributed by atoms with Gasteiger partial charge in [0, 0.05) is 17.0 Å². The van der Waals surface area contributed by atoms with Gasteiger partial charge in [0.05, 0.1) is 6.54 Å². The molecule has 2 saturated carbocycles. The van der Waals surface area contributed by atoms with E-state index in [1.807, 2.05) is 4.90 Å². The quantitative estimate of drug-likeness (QED) is 0.875. The molecule has 2 fully saturated rings. The summed E-state index contributed by atoms with van der Waals surface area (Å²) in [5.41, 5.74) is 0. The van der Waals surface area contributed by atoms with Crippen molar-refractivity contribution in [2.45, 2.75) is 50.7 Å². The minimum atomic E-state index is 0.144. The lowest BCUT2D eigenvalue weighted by Gasteiger charge is -2.30. The summed E-state index contributed by atoms with van der Waals surface area (Å²) in [5, 5.41) is 5.22. The van der Waals surface area contributed by atoms with E-state index in [0.717, 1.165) is 19.4 Å². The Morgan fingerprint density at radius 3 is 2.76 bits per heavy atom. The highest BCUT2D eigenvalue weighted by molar-refractivity contribution is 7.09. The highest BCUT2D eigenvalue weighted by atomic mass is 32.1. The van der Waals surface area contributed by atoms with Crippen molar-refractivity contribution >= 4 is 17.4 Å². The van der Waals surface area contributed by atoms with Gasteiger partial charge in [-0.15, -0.1) is 11.3 Å². The predicted octanol–water partition coefficient (Wildman–Crippen LogP) is 2.97. The van der Waals surface area contributed by atoms with Crippen LogP contribution in [0.1, 0.15) is 37.0 Å². The van der Waals surface area contributed by atoms with Crippen LogP contribution in [0.4, 0.5) is 4.79 Å². The summed E-state index contributed by atoms with van der Waals surface area (Å²) in [6.07, 6.45) is 5.92. The molecule has 0 spiro atoms. The molecule has 0 aromatic carbocycles. The SMILES string of the molecule is O=C(NC1CCC1)N(Cc1cccs1)C1CC1. The van der Waals surface area contributed by atoms with Gasteiger partial charge in [0.15, 0.2) is 0 Å². The first-order valence-electron chi connectivity index (χ1n) is 6.42. The monoisotopic (exact) mass is 250 g/mol. The van der Waals surface area contributed by atoms with Crippen LogP contribution in [0.15, 0.2) is 17.5 Å². The highest BCUT2D eigenvalue weighted by Gasteiger charge is 2.34. The number of nitrogens with zero attached hydrogens (tertiary/aromatic N) is 1. The molecule has 1 aromatic heterocycles. The summed E-state index contributed by atoms with van der Waals surface area (Å²) < 4.78 is 0. The van der Waals surface area contributed by atoms with Gasteiger partial charge in [-0.1, -0.05) is 6.07 Å². The molecule has 92 valence electrons. The second-order valence-corrected chi connectivity index (χ2v) is 6.05. The van der Waals surface area contributed by atoms with E-state index in [2.05, 4.69) is 22.8 Å². The normalized spacial score (nSPS) is 19.8. The highest BCUT2D eigenvalue weighted by Crippen LogP contribution is 2.29. The summed E-state index contributed by atoms with van der Waals surface area (Å²) in [6.45, 7) is 0.779. The Balaban J connectivity index is 1.60. The molecule has 3 nitrogen and oxygen atoms in total. The van der Waals surface area contributed by atoms with Gasteiger partial charge in [0.25, 0.3) is 0 Å². The first-order chi connectivity index (χ1) is 8.33. The summed E-state index contributed by atoms with van der Waals surface area (Å²) >= 11 is 1.73. The van der Waals surface area contributed by atoms with Crippen LogP contribution >= 0.6 is 11.3 Å². The summed E-state index contributed by atoms with van der Waals surface area (Å²) in [5.74, 6) is 0. The van der Waals surface area contributed by atoms with Crippen LogP contribution in [0.5, 0.6) is 0 Å². The molecule has 0 bridgehead atoms. The lowest BCUT2D eigenvalue weighted by atomic mass is 9.93. The number of carbonyl (C=O) groups is 1. The zero-order valence-electron chi connectivity index (χ0n) is 9.89. The van der Waals surface area contributed by atoms with Crippen molar-refractivity contribution in [2.75, 3.05) is 0 Å². The van der Waals surface area contributed by atoms with E-state index in [1.54, 1.807) is 11.3 Å². The summed E-state index contributed by atoms with van der Waals surface area (Å²) in [6, 6.07) is 5.22. The molecular weight excluding hydrogens is 232 g/mol. The molecule has 1 aromatic rings. The molecule has 2 aliphatic rings. The third-order valence-electron chi connectivity index (χ3n) is 3.59. The summed E-state index contributed by atoms with van der Waals surface area (Å²) in [7, 11) is 0. The molecular formula is C13H18N2OS. The van der Waals surface area contributed by atoms with Crippen LogP contribution in [0, 0.1) is 0 Å². The van der Waals surface area contributed by atoms with Crippen molar-refractivity contribution in [2.24, 2.45) is 0 Å². The van der Waals surface area contributed by atoms with E-state index in [1.165, 1.54) is 24.1 Å². The van der Waals surface area contributed by atoms with E-state index in [4.69, 9.17) is 0 Å². The standard InChI is InChI=1S/C13H18N2OS/c16-13(14-10-3-1-4-10)15(11-6-7-11)9-12-5-2-8-17-12/h2,5,8,10-11H,1,3-4,6-7,9H2,(H,14,16). The molecule has 2 aliphatic carbocycles. The molecule has 0 saturated heterocycles. The minimum Gasteiger partial charge on any atom is -0.335 e. The maximum atomic E-state index is 12.2. The molecule has 3 rings (SSSR count). The first-order valence-corrected chi connectivity index (χ1v) is 7.30. The zero-order chi connectivity index (χ0) is 11.7. The average molecular weight is 250 g/mol. The fraction of sp³-hybridized carbons (Fsp3) is 0.615. The Hall–Kier alpha value is -1.03. The van der Waals surface area contributed by atoms with Crippen molar-refractivity contribution in [3.8, 4) is 0 Å². The van der Waals surface area contributed by atoms with Gasteiger partial charge >= 0.3 is 6.03 Å². The molecule has 1 heterocycles. The minimum absolute atomic E-state index is 0.144. The zero-order valence-corrected chi connectivity index (χ0v) is 10.7. The molecule has 17 heavy (non-hydrogen) atoms. The Morgan fingerprint density at radius 1 is 1.41 bits per heavy atom. The van der Waals surface area contributed by atoms with Crippen molar-refractivity contribution in [3.05, 3.63) is 22.4 Å². The maximum Gasteiger partial charge on any atom is 0.318 e. The third kappa shape index (κ3) is 2.63. The van der Waals surface area contributed by atoms with E-state index in [0.29, 0.717) is 12.1 Å². The molecule has 1 N–H and O–H groups in total. The number of nitrogens with one attached hydrogen (secondary N) is 1. The van der Waals surface area contributed by atoms with Gasteiger partial charge in [0.2, 0.25) is 0 Å². The number of urea groups is 1. The number of hydrogen-bond acceptors (Lipinski definition) is 2. The topological polar surface area (TPSA) is 32.3 Å². The largest absolute Gasteiger partial charge is 0.335 e. The average Bonchev–Trinajstić information content (AvgIpc) is 2.98. The Morgan fingerprint density at radius 2 is 2.24 bits per heavy atom. The lowest BCUT2D eigenvalue weighted by molar-refractivity contribution is 0.181. The number of hydrogen-bond donors (Lipinski definition) is 1. The van der Waals surface area contributed by atoms with Gasteiger partial charge in [0.1, 0.15) is 0 Å². The Kier molecular flexibility index (Phi) is 3.05. The number of carbonyl (C=O) groups excluding carboxylic acids is 1. The van der Waals surface area contributed by atoms with Crippen molar-refractivity contribution in [1.82, 2.24) is 10.2 Å². The van der Waals surface area contributed by atoms with Gasteiger partial charge in [-0.05, 0) is 43.6 Å². The van der Waals surface area contributed by atoms with Gasteiger partial charge in [-0.2, -0.15) is 0 Å². The van der Waals surface area contributed by atoms with Gasteiger partial charge in [-0.25, -0.2) is 4.79 Å². The van der Waals surface area contributed by atoms with Crippen LogP contribution in [0.25, 0.3) is 0 Å². The fourth-order valence-electron chi connectivity index (χ4n) is 2.13. The molecule has 0 aliphatic heterocycles. The smallest absolute Gasteiger partial charge is 0.318 e. The van der Waals surface area contributed by atoms with E-state index < -0.39 is 0 Å². The van der Waals surface area contributed by atoms with Crippen LogP contribution in [-0.2, 0) is 6.54 Å². The summed E-state index contributed by atoms with van der Waals surface area (Å²) in [4.78, 5) is 15.5. The maximum absolute atomic E-state index is 12.2. The Labute approximate surface area is 106 Å². The fourth-order valence-corrected chi connectivity index (χ4v) is 2.84. The second-order valence-electron chi connectivity index (χ2n) is 5.02. The number of rotatable bonds is 4. The number of thiophene rings is 1.